The monoisotopic (exact) mass is 481 g/mol. The Balaban J connectivity index is 1.37. The second-order valence-corrected chi connectivity index (χ2v) is 10.3. The lowest BCUT2D eigenvalue weighted by atomic mass is 9.96. The van der Waals surface area contributed by atoms with E-state index in [4.69, 9.17) is 11.6 Å². The summed E-state index contributed by atoms with van der Waals surface area (Å²) in [7, 11) is 1.82. The predicted octanol–water partition coefficient (Wildman–Crippen LogP) is 4.96. The van der Waals surface area contributed by atoms with Crippen molar-refractivity contribution in [2.45, 2.75) is 38.1 Å². The molecule has 2 aliphatic rings. The summed E-state index contributed by atoms with van der Waals surface area (Å²) >= 11 is 7.69. The Kier molecular flexibility index (Phi) is 6.62. The first kappa shape index (κ1) is 22.3. The fourth-order valence-electron chi connectivity index (χ4n) is 4.68. The molecule has 3 heterocycles. The fraction of sp³-hybridized carbons (Fsp3) is 0.400. The first-order valence-electron chi connectivity index (χ1n) is 11.6. The van der Waals surface area contributed by atoms with Crippen molar-refractivity contribution in [2.75, 3.05) is 32.0 Å². The minimum Gasteiger partial charge on any atom is -0.357 e. The van der Waals surface area contributed by atoms with E-state index in [2.05, 4.69) is 25.5 Å². The molecule has 6 nitrogen and oxygen atoms in total. The molecule has 0 unspecified atom stereocenters. The van der Waals surface area contributed by atoms with Gasteiger partial charge in [-0.2, -0.15) is 0 Å². The maximum atomic E-state index is 13.4. The number of carbonyl (C=O) groups is 1. The lowest BCUT2D eigenvalue weighted by molar-refractivity contribution is 0.0936. The van der Waals surface area contributed by atoms with Crippen LogP contribution < -0.4 is 10.6 Å². The maximum absolute atomic E-state index is 13.4. The molecule has 8 heteroatoms. The van der Waals surface area contributed by atoms with E-state index in [9.17, 15) is 4.79 Å². The standard InChI is InChI=1S/C25H28ClN5OS/c1-27-25-28-15-17-6-9-21-19(23(17)30-25)14-22(33-21)24(32)29-20(10-13-31-11-2-3-12-31)16-4-7-18(26)8-5-16/h4-5,7-8,14-15,20H,2-3,6,9-13H2,1H3,(H,29,32)(H,27,28,30)/t20-/m0/s1. The highest BCUT2D eigenvalue weighted by Crippen LogP contribution is 2.38. The zero-order valence-electron chi connectivity index (χ0n) is 18.7. The zero-order chi connectivity index (χ0) is 22.8. The van der Waals surface area contributed by atoms with Crippen molar-refractivity contribution in [2.24, 2.45) is 0 Å². The number of benzene rings is 1. The van der Waals surface area contributed by atoms with E-state index in [-0.39, 0.29) is 11.9 Å². The van der Waals surface area contributed by atoms with Gasteiger partial charge in [0.15, 0.2) is 0 Å². The van der Waals surface area contributed by atoms with Gasteiger partial charge in [-0.1, -0.05) is 23.7 Å². The minimum absolute atomic E-state index is 0.0276. The normalized spacial score (nSPS) is 16.2. The van der Waals surface area contributed by atoms with Crippen LogP contribution in [0.3, 0.4) is 0 Å². The van der Waals surface area contributed by atoms with E-state index in [1.54, 1.807) is 11.3 Å². The largest absolute Gasteiger partial charge is 0.357 e. The smallest absolute Gasteiger partial charge is 0.261 e. The van der Waals surface area contributed by atoms with Crippen molar-refractivity contribution in [3.63, 3.8) is 0 Å². The van der Waals surface area contributed by atoms with Crippen LogP contribution in [0.5, 0.6) is 0 Å². The molecule has 1 saturated heterocycles. The molecule has 172 valence electrons. The van der Waals surface area contributed by atoms with Crippen LogP contribution in [0.1, 0.15) is 51.0 Å². The van der Waals surface area contributed by atoms with Gasteiger partial charge in [0.2, 0.25) is 5.95 Å². The summed E-state index contributed by atoms with van der Waals surface area (Å²) in [5.74, 6) is 0.573. The number of fused-ring (bicyclic) bond motifs is 3. The van der Waals surface area contributed by atoms with Gasteiger partial charge in [0, 0.05) is 35.3 Å². The molecule has 33 heavy (non-hydrogen) atoms. The van der Waals surface area contributed by atoms with Crippen LogP contribution in [-0.4, -0.2) is 47.5 Å². The third kappa shape index (κ3) is 4.90. The topological polar surface area (TPSA) is 70.1 Å². The van der Waals surface area contributed by atoms with Gasteiger partial charge in [0.05, 0.1) is 16.6 Å². The Bertz CT molecular complexity index is 1140. The number of carbonyl (C=O) groups excluding carboxylic acids is 1. The zero-order valence-corrected chi connectivity index (χ0v) is 20.3. The number of halogens is 1. The van der Waals surface area contributed by atoms with E-state index in [0.29, 0.717) is 11.0 Å². The molecule has 1 aromatic carbocycles. The summed E-state index contributed by atoms with van der Waals surface area (Å²) in [5.41, 5.74) is 4.22. The summed E-state index contributed by atoms with van der Waals surface area (Å²) in [5, 5.41) is 7.02. The number of amides is 1. The van der Waals surface area contributed by atoms with Gasteiger partial charge >= 0.3 is 0 Å². The van der Waals surface area contributed by atoms with Crippen LogP contribution in [0.4, 0.5) is 5.95 Å². The molecule has 0 bridgehead atoms. The van der Waals surface area contributed by atoms with Gasteiger partial charge in [-0.05, 0) is 74.5 Å². The number of thiophene rings is 1. The van der Waals surface area contributed by atoms with Crippen molar-refractivity contribution in [3.05, 3.63) is 62.4 Å². The van der Waals surface area contributed by atoms with Crippen LogP contribution >= 0.6 is 22.9 Å². The SMILES string of the molecule is CNc1ncc2c(n1)-c1cc(C(=O)N[C@@H](CCN3CCCC3)c3ccc(Cl)cc3)sc1CC2. The molecular weight excluding hydrogens is 454 g/mol. The van der Waals surface area contributed by atoms with Crippen LogP contribution in [-0.2, 0) is 12.8 Å². The molecule has 5 rings (SSSR count). The molecule has 1 fully saturated rings. The summed E-state index contributed by atoms with van der Waals surface area (Å²) in [6.07, 6.45) is 7.11. The number of anilines is 1. The van der Waals surface area contributed by atoms with Gasteiger partial charge in [-0.3, -0.25) is 4.79 Å². The Morgan fingerprint density at radius 2 is 2.00 bits per heavy atom. The van der Waals surface area contributed by atoms with Gasteiger partial charge in [-0.15, -0.1) is 11.3 Å². The molecular formula is C25H28ClN5OS. The third-order valence-corrected chi connectivity index (χ3v) is 7.95. The van der Waals surface area contributed by atoms with E-state index >= 15 is 0 Å². The second-order valence-electron chi connectivity index (χ2n) is 8.68. The number of rotatable bonds is 7. The molecule has 1 aliphatic carbocycles. The molecule has 0 radical (unpaired) electrons. The van der Waals surface area contributed by atoms with Crippen molar-refractivity contribution < 1.29 is 4.79 Å². The Hall–Kier alpha value is -2.48. The molecule has 3 aromatic rings. The first-order chi connectivity index (χ1) is 16.1. The van der Waals surface area contributed by atoms with E-state index < -0.39 is 0 Å². The van der Waals surface area contributed by atoms with Gasteiger partial charge in [0.25, 0.3) is 5.91 Å². The number of hydrogen-bond acceptors (Lipinski definition) is 6. The predicted molar refractivity (Wildman–Crippen MR) is 134 cm³/mol. The highest BCUT2D eigenvalue weighted by atomic mass is 35.5. The molecule has 1 amide bonds. The van der Waals surface area contributed by atoms with Gasteiger partial charge in [0.1, 0.15) is 0 Å². The number of aromatic nitrogens is 2. The molecule has 2 N–H and O–H groups in total. The van der Waals surface area contributed by atoms with Crippen molar-refractivity contribution in [3.8, 4) is 11.3 Å². The summed E-state index contributed by atoms with van der Waals surface area (Å²) in [4.78, 5) is 26.8. The average Bonchev–Trinajstić information content (AvgIpc) is 3.52. The fourth-order valence-corrected chi connectivity index (χ4v) is 5.87. The third-order valence-electron chi connectivity index (χ3n) is 6.51. The minimum atomic E-state index is -0.0556. The van der Waals surface area contributed by atoms with Gasteiger partial charge < -0.3 is 15.5 Å². The summed E-state index contributed by atoms with van der Waals surface area (Å²) in [6, 6.07) is 9.77. The van der Waals surface area contributed by atoms with Crippen molar-refractivity contribution >= 4 is 34.8 Å². The number of aryl methyl sites for hydroxylation is 2. The highest BCUT2D eigenvalue weighted by molar-refractivity contribution is 7.14. The van der Waals surface area contributed by atoms with Gasteiger partial charge in [-0.25, -0.2) is 9.97 Å². The van der Waals surface area contributed by atoms with Crippen LogP contribution in [0.25, 0.3) is 11.3 Å². The van der Waals surface area contributed by atoms with Crippen LogP contribution in [0.15, 0.2) is 36.5 Å². The number of likely N-dealkylation sites (tertiary alicyclic amines) is 1. The quantitative estimate of drug-likeness (QED) is 0.499. The number of nitrogens with one attached hydrogen (secondary N) is 2. The Morgan fingerprint density at radius 3 is 2.76 bits per heavy atom. The lowest BCUT2D eigenvalue weighted by Crippen LogP contribution is -2.31. The highest BCUT2D eigenvalue weighted by Gasteiger charge is 2.25. The number of nitrogens with zero attached hydrogens (tertiary/aromatic N) is 3. The second kappa shape index (κ2) is 9.79. The van der Waals surface area contributed by atoms with E-state index in [1.807, 2.05) is 43.6 Å². The molecule has 1 atom stereocenters. The van der Waals surface area contributed by atoms with Crippen LogP contribution in [0, 0.1) is 0 Å². The molecule has 2 aromatic heterocycles. The Labute approximate surface area is 203 Å². The van der Waals surface area contributed by atoms with E-state index in [1.165, 1.54) is 17.7 Å². The van der Waals surface area contributed by atoms with Crippen molar-refractivity contribution in [1.82, 2.24) is 20.2 Å². The summed E-state index contributed by atoms with van der Waals surface area (Å²) in [6.45, 7) is 3.27. The molecule has 0 saturated carbocycles. The van der Waals surface area contributed by atoms with Crippen LogP contribution in [0.2, 0.25) is 5.02 Å². The number of hydrogen-bond donors (Lipinski definition) is 2. The molecule has 1 aliphatic heterocycles. The molecule has 0 spiro atoms. The van der Waals surface area contributed by atoms with E-state index in [0.717, 1.165) is 66.2 Å². The van der Waals surface area contributed by atoms with Crippen molar-refractivity contribution in [1.29, 1.82) is 0 Å². The summed E-state index contributed by atoms with van der Waals surface area (Å²) < 4.78 is 0. The maximum Gasteiger partial charge on any atom is 0.261 e. The Morgan fingerprint density at radius 1 is 1.21 bits per heavy atom. The average molecular weight is 482 g/mol. The first-order valence-corrected chi connectivity index (χ1v) is 12.8. The lowest BCUT2D eigenvalue weighted by Gasteiger charge is -2.22.